The molecule has 1 atom stereocenters. The monoisotopic (exact) mass is 289 g/mol. The molecule has 112 valence electrons. The third kappa shape index (κ3) is 3.90. The highest BCUT2D eigenvalue weighted by molar-refractivity contribution is 7.89. The van der Waals surface area contributed by atoms with E-state index in [-0.39, 0.29) is 17.2 Å². The van der Waals surface area contributed by atoms with Crippen LogP contribution in [0.5, 0.6) is 0 Å². The molecule has 6 heteroatoms. The summed E-state index contributed by atoms with van der Waals surface area (Å²) in [5, 5.41) is 3.27. The third-order valence-electron chi connectivity index (χ3n) is 4.71. The first-order chi connectivity index (χ1) is 8.94. The van der Waals surface area contributed by atoms with E-state index < -0.39 is 10.0 Å². The van der Waals surface area contributed by atoms with Crippen LogP contribution in [0.15, 0.2) is 0 Å². The first-order valence-corrected chi connectivity index (χ1v) is 8.94. The lowest BCUT2D eigenvalue weighted by molar-refractivity contribution is 0.0656. The normalized spacial score (nSPS) is 27.2. The molecule has 2 N–H and O–H groups in total. The Kier molecular flexibility index (Phi) is 4.87. The molecule has 0 radical (unpaired) electrons. The van der Waals surface area contributed by atoms with Gasteiger partial charge >= 0.3 is 0 Å². The Bertz CT molecular complexity index is 385. The van der Waals surface area contributed by atoms with Crippen molar-refractivity contribution >= 4 is 10.0 Å². The van der Waals surface area contributed by atoms with Crippen molar-refractivity contribution < 1.29 is 8.42 Å². The van der Waals surface area contributed by atoms with Crippen molar-refractivity contribution in [3.05, 3.63) is 0 Å². The van der Waals surface area contributed by atoms with Crippen molar-refractivity contribution in [2.24, 2.45) is 5.92 Å². The molecule has 0 aromatic rings. The zero-order valence-corrected chi connectivity index (χ0v) is 12.9. The lowest BCUT2D eigenvalue weighted by atomic mass is 9.76. The summed E-state index contributed by atoms with van der Waals surface area (Å²) in [6, 6.07) is 0. The molecule has 1 aliphatic heterocycles. The van der Waals surface area contributed by atoms with Gasteiger partial charge in [0.1, 0.15) is 0 Å². The van der Waals surface area contributed by atoms with Crippen molar-refractivity contribution in [1.29, 1.82) is 0 Å². The predicted molar refractivity (Wildman–Crippen MR) is 77.7 cm³/mol. The Morgan fingerprint density at radius 3 is 2.53 bits per heavy atom. The summed E-state index contributed by atoms with van der Waals surface area (Å²) in [6.07, 6.45) is 5.49. The van der Waals surface area contributed by atoms with Crippen LogP contribution < -0.4 is 10.0 Å². The Balaban J connectivity index is 1.83. The highest BCUT2D eigenvalue weighted by atomic mass is 32.2. The van der Waals surface area contributed by atoms with Gasteiger partial charge in [0.05, 0.1) is 5.75 Å². The highest BCUT2D eigenvalue weighted by Crippen LogP contribution is 2.35. The fourth-order valence-corrected chi connectivity index (χ4v) is 4.56. The van der Waals surface area contributed by atoms with Crippen molar-refractivity contribution in [3.63, 3.8) is 0 Å². The summed E-state index contributed by atoms with van der Waals surface area (Å²) in [4.78, 5) is 2.17. The predicted octanol–water partition coefficient (Wildman–Crippen LogP) is 0.390. The molecular formula is C13H27N3O2S. The quantitative estimate of drug-likeness (QED) is 0.742. The molecule has 1 unspecified atom stereocenters. The molecule has 0 spiro atoms. The number of hydrogen-bond donors (Lipinski definition) is 2. The number of nitrogens with zero attached hydrogens (tertiary/aromatic N) is 1. The first kappa shape index (κ1) is 15.2. The average molecular weight is 289 g/mol. The maximum Gasteiger partial charge on any atom is 0.211 e. The van der Waals surface area contributed by atoms with Crippen LogP contribution in [-0.4, -0.2) is 58.3 Å². The van der Waals surface area contributed by atoms with E-state index in [1.165, 1.54) is 6.42 Å². The molecule has 1 aliphatic carbocycles. The van der Waals surface area contributed by atoms with Gasteiger partial charge in [-0.3, -0.25) is 0 Å². The fourth-order valence-electron chi connectivity index (χ4n) is 3.05. The summed E-state index contributed by atoms with van der Waals surface area (Å²) < 4.78 is 27.1. The van der Waals surface area contributed by atoms with Gasteiger partial charge in [-0.2, -0.15) is 0 Å². The van der Waals surface area contributed by atoms with E-state index in [4.69, 9.17) is 0 Å². The molecule has 2 aliphatic rings. The van der Waals surface area contributed by atoms with Crippen LogP contribution in [0.2, 0.25) is 0 Å². The minimum atomic E-state index is -3.14. The van der Waals surface area contributed by atoms with Gasteiger partial charge in [-0.1, -0.05) is 0 Å². The smallest absolute Gasteiger partial charge is 0.211 e. The zero-order chi connectivity index (χ0) is 13.9. The number of rotatable bonds is 6. The highest BCUT2D eigenvalue weighted by Gasteiger charge is 2.39. The second kappa shape index (κ2) is 6.08. The van der Waals surface area contributed by atoms with Crippen molar-refractivity contribution in [2.75, 3.05) is 39.5 Å². The van der Waals surface area contributed by atoms with E-state index in [1.807, 2.05) is 14.1 Å². The van der Waals surface area contributed by atoms with Crippen molar-refractivity contribution in [2.45, 2.75) is 37.6 Å². The van der Waals surface area contributed by atoms with Crippen molar-refractivity contribution in [3.8, 4) is 0 Å². The van der Waals surface area contributed by atoms with Gasteiger partial charge in [0, 0.05) is 12.1 Å². The van der Waals surface area contributed by atoms with Crippen LogP contribution in [0.25, 0.3) is 0 Å². The van der Waals surface area contributed by atoms with Gasteiger partial charge in [-0.25, -0.2) is 13.1 Å². The van der Waals surface area contributed by atoms with E-state index >= 15 is 0 Å². The first-order valence-electron chi connectivity index (χ1n) is 7.29. The summed E-state index contributed by atoms with van der Waals surface area (Å²) >= 11 is 0. The van der Waals surface area contributed by atoms with E-state index in [2.05, 4.69) is 14.9 Å². The Labute approximate surface area is 117 Å². The third-order valence-corrected chi connectivity index (χ3v) is 6.20. The van der Waals surface area contributed by atoms with Crippen LogP contribution in [0.3, 0.4) is 0 Å². The van der Waals surface area contributed by atoms with Crippen LogP contribution in [-0.2, 0) is 10.0 Å². The molecule has 1 heterocycles. The molecule has 0 aromatic heterocycles. The second-order valence-corrected chi connectivity index (χ2v) is 8.14. The topological polar surface area (TPSA) is 61.4 Å². The van der Waals surface area contributed by atoms with E-state index in [9.17, 15) is 8.42 Å². The SMILES string of the molecule is CN(C)C1(CNS(=O)(=O)CC2CCCNC2)CCC1. The van der Waals surface area contributed by atoms with E-state index in [0.29, 0.717) is 6.54 Å². The minimum absolute atomic E-state index is 0.0535. The Morgan fingerprint density at radius 1 is 1.32 bits per heavy atom. The number of piperidine rings is 1. The van der Waals surface area contributed by atoms with Gasteiger partial charge in [-0.15, -0.1) is 0 Å². The number of likely N-dealkylation sites (N-methyl/N-ethyl adjacent to an activating group) is 1. The lowest BCUT2D eigenvalue weighted by Crippen LogP contribution is -2.57. The Hall–Kier alpha value is -0.170. The van der Waals surface area contributed by atoms with Crippen LogP contribution in [0.1, 0.15) is 32.1 Å². The van der Waals surface area contributed by atoms with Crippen LogP contribution in [0.4, 0.5) is 0 Å². The summed E-state index contributed by atoms with van der Waals surface area (Å²) in [5.41, 5.74) is 0.0535. The van der Waals surface area contributed by atoms with Crippen LogP contribution in [0, 0.1) is 5.92 Å². The minimum Gasteiger partial charge on any atom is -0.316 e. The zero-order valence-electron chi connectivity index (χ0n) is 12.1. The lowest BCUT2D eigenvalue weighted by Gasteiger charge is -2.47. The maximum atomic E-state index is 12.2. The number of hydrogen-bond acceptors (Lipinski definition) is 4. The second-order valence-electron chi connectivity index (χ2n) is 6.29. The largest absolute Gasteiger partial charge is 0.316 e. The molecule has 2 fully saturated rings. The molecule has 1 saturated carbocycles. The molecule has 0 amide bonds. The number of nitrogens with one attached hydrogen (secondary N) is 2. The Morgan fingerprint density at radius 2 is 2.05 bits per heavy atom. The van der Waals surface area contributed by atoms with Gasteiger partial charge in [0.2, 0.25) is 10.0 Å². The van der Waals surface area contributed by atoms with Gasteiger partial charge in [0.25, 0.3) is 0 Å². The van der Waals surface area contributed by atoms with E-state index in [0.717, 1.165) is 38.8 Å². The molecule has 0 bridgehead atoms. The van der Waals surface area contributed by atoms with Crippen molar-refractivity contribution in [1.82, 2.24) is 14.9 Å². The van der Waals surface area contributed by atoms with Gasteiger partial charge in [-0.05, 0) is 65.2 Å². The summed E-state index contributed by atoms with van der Waals surface area (Å²) in [6.45, 7) is 2.41. The standard InChI is InChI=1S/C13H27N3O2S/c1-16(2)13(6-4-7-13)11-15-19(17,18)10-12-5-3-8-14-9-12/h12,14-15H,3-11H2,1-2H3. The molecule has 2 rings (SSSR count). The molecular weight excluding hydrogens is 262 g/mol. The summed E-state index contributed by atoms with van der Waals surface area (Å²) in [5.74, 6) is 0.534. The summed E-state index contributed by atoms with van der Waals surface area (Å²) in [7, 11) is 0.940. The molecule has 0 aromatic carbocycles. The molecule has 5 nitrogen and oxygen atoms in total. The van der Waals surface area contributed by atoms with Gasteiger partial charge in [0.15, 0.2) is 0 Å². The molecule has 1 saturated heterocycles. The maximum absolute atomic E-state index is 12.2. The van der Waals surface area contributed by atoms with Crippen LogP contribution >= 0.6 is 0 Å². The number of sulfonamides is 1. The molecule has 19 heavy (non-hydrogen) atoms. The van der Waals surface area contributed by atoms with Gasteiger partial charge < -0.3 is 10.2 Å². The fraction of sp³-hybridized carbons (Fsp3) is 1.00. The average Bonchev–Trinajstić information content (AvgIpc) is 2.27. The van der Waals surface area contributed by atoms with E-state index in [1.54, 1.807) is 0 Å².